The SMILES string of the molecule is CCCCCCCC(CCCCC)N1CCOC[C@H]1C(=O)O. The molecule has 1 aliphatic heterocycles. The number of aliphatic carboxylic acids is 1. The lowest BCUT2D eigenvalue weighted by Gasteiger charge is -2.39. The molecule has 0 aliphatic carbocycles. The van der Waals surface area contributed by atoms with Crippen LogP contribution in [0, 0.1) is 0 Å². The molecule has 22 heavy (non-hydrogen) atoms. The number of rotatable bonds is 12. The fraction of sp³-hybridized carbons (Fsp3) is 0.944. The van der Waals surface area contributed by atoms with Gasteiger partial charge in [0.15, 0.2) is 0 Å². The van der Waals surface area contributed by atoms with Crippen molar-refractivity contribution in [2.24, 2.45) is 0 Å². The van der Waals surface area contributed by atoms with Gasteiger partial charge in [-0.15, -0.1) is 0 Å². The molecule has 0 aromatic carbocycles. The standard InChI is InChI=1S/C18H35NO3/c1-3-5-7-8-10-12-16(11-9-6-4-2)19-13-14-22-15-17(19)18(20)21/h16-17H,3-15H2,1-2H3,(H,20,21)/t16?,17-/m0/s1. The lowest BCUT2D eigenvalue weighted by atomic mass is 9.98. The van der Waals surface area contributed by atoms with Crippen molar-refractivity contribution in [3.8, 4) is 0 Å². The van der Waals surface area contributed by atoms with Gasteiger partial charge in [0, 0.05) is 12.6 Å². The van der Waals surface area contributed by atoms with Gasteiger partial charge in [0.1, 0.15) is 6.04 Å². The van der Waals surface area contributed by atoms with E-state index in [9.17, 15) is 9.90 Å². The lowest BCUT2D eigenvalue weighted by Crippen LogP contribution is -2.54. The zero-order chi connectivity index (χ0) is 16.2. The van der Waals surface area contributed by atoms with Gasteiger partial charge in [-0.1, -0.05) is 65.2 Å². The molecule has 0 bridgehead atoms. The Hall–Kier alpha value is -0.610. The van der Waals surface area contributed by atoms with Crippen LogP contribution >= 0.6 is 0 Å². The second-order valence-electron chi connectivity index (χ2n) is 6.52. The second kappa shape index (κ2) is 11.9. The second-order valence-corrected chi connectivity index (χ2v) is 6.52. The number of unbranched alkanes of at least 4 members (excludes halogenated alkanes) is 6. The van der Waals surface area contributed by atoms with Crippen molar-refractivity contribution < 1.29 is 14.6 Å². The maximum Gasteiger partial charge on any atom is 0.323 e. The van der Waals surface area contributed by atoms with Crippen molar-refractivity contribution in [1.82, 2.24) is 4.90 Å². The van der Waals surface area contributed by atoms with Crippen molar-refractivity contribution in [2.45, 2.75) is 90.1 Å². The molecule has 0 spiro atoms. The molecule has 4 nitrogen and oxygen atoms in total. The summed E-state index contributed by atoms with van der Waals surface area (Å²) in [5, 5.41) is 9.45. The lowest BCUT2D eigenvalue weighted by molar-refractivity contribution is -0.152. The van der Waals surface area contributed by atoms with Crippen LogP contribution in [-0.4, -0.2) is 47.8 Å². The van der Waals surface area contributed by atoms with E-state index in [1.54, 1.807) is 0 Å². The van der Waals surface area contributed by atoms with Gasteiger partial charge in [-0.2, -0.15) is 0 Å². The number of hydrogen-bond acceptors (Lipinski definition) is 3. The predicted molar refractivity (Wildman–Crippen MR) is 90.3 cm³/mol. The molecule has 0 amide bonds. The Balaban J connectivity index is 2.51. The average Bonchev–Trinajstić information content (AvgIpc) is 2.53. The number of carboxylic acids is 1. The molecule has 2 atom stereocenters. The Morgan fingerprint density at radius 1 is 1.09 bits per heavy atom. The molecule has 0 aromatic heterocycles. The van der Waals surface area contributed by atoms with Gasteiger partial charge in [0.25, 0.3) is 0 Å². The van der Waals surface area contributed by atoms with Gasteiger partial charge in [0.05, 0.1) is 13.2 Å². The van der Waals surface area contributed by atoms with E-state index in [-0.39, 0.29) is 0 Å². The van der Waals surface area contributed by atoms with Crippen LogP contribution in [-0.2, 0) is 9.53 Å². The molecular weight excluding hydrogens is 278 g/mol. The third-order valence-electron chi connectivity index (χ3n) is 4.71. The Morgan fingerprint density at radius 2 is 1.68 bits per heavy atom. The van der Waals surface area contributed by atoms with Crippen LogP contribution in [0.15, 0.2) is 0 Å². The van der Waals surface area contributed by atoms with Crippen LogP contribution in [0.3, 0.4) is 0 Å². The predicted octanol–water partition coefficient (Wildman–Crippen LogP) is 4.08. The van der Waals surface area contributed by atoms with Crippen molar-refractivity contribution >= 4 is 5.97 Å². The molecule has 1 fully saturated rings. The van der Waals surface area contributed by atoms with E-state index in [1.807, 2.05) is 0 Å². The highest BCUT2D eigenvalue weighted by Gasteiger charge is 2.33. The fourth-order valence-corrected chi connectivity index (χ4v) is 3.36. The zero-order valence-electron chi connectivity index (χ0n) is 14.6. The van der Waals surface area contributed by atoms with E-state index in [0.717, 1.165) is 19.4 Å². The first kappa shape index (κ1) is 19.4. The van der Waals surface area contributed by atoms with Crippen LogP contribution in [0.2, 0.25) is 0 Å². The Bertz CT molecular complexity index is 296. The number of carboxylic acid groups (broad SMARTS) is 1. The number of morpholine rings is 1. The van der Waals surface area contributed by atoms with Gasteiger partial charge < -0.3 is 9.84 Å². The largest absolute Gasteiger partial charge is 0.480 e. The van der Waals surface area contributed by atoms with Crippen LogP contribution < -0.4 is 0 Å². The molecule has 4 heteroatoms. The molecule has 0 aromatic rings. The maximum atomic E-state index is 11.5. The van der Waals surface area contributed by atoms with E-state index < -0.39 is 12.0 Å². The average molecular weight is 313 g/mol. The van der Waals surface area contributed by atoms with E-state index in [2.05, 4.69) is 18.7 Å². The van der Waals surface area contributed by atoms with Crippen molar-refractivity contribution in [2.75, 3.05) is 19.8 Å². The van der Waals surface area contributed by atoms with Gasteiger partial charge in [-0.3, -0.25) is 9.69 Å². The minimum atomic E-state index is -0.730. The smallest absolute Gasteiger partial charge is 0.323 e. The molecule has 0 saturated carbocycles. The quantitative estimate of drug-likeness (QED) is 0.552. The maximum absolute atomic E-state index is 11.5. The molecule has 0 radical (unpaired) electrons. The normalized spacial score (nSPS) is 20.9. The minimum absolute atomic E-state index is 0.343. The third kappa shape index (κ3) is 7.10. The van der Waals surface area contributed by atoms with Crippen LogP contribution in [0.1, 0.15) is 78.1 Å². The monoisotopic (exact) mass is 313 g/mol. The zero-order valence-corrected chi connectivity index (χ0v) is 14.6. The first-order chi connectivity index (χ1) is 10.7. The summed E-state index contributed by atoms with van der Waals surface area (Å²) in [5.74, 6) is -0.730. The van der Waals surface area contributed by atoms with Gasteiger partial charge >= 0.3 is 5.97 Å². The van der Waals surface area contributed by atoms with Gasteiger partial charge in [0.2, 0.25) is 0 Å². The molecule has 1 N–H and O–H groups in total. The van der Waals surface area contributed by atoms with Crippen LogP contribution in [0.5, 0.6) is 0 Å². The van der Waals surface area contributed by atoms with E-state index in [0.29, 0.717) is 19.3 Å². The number of hydrogen-bond donors (Lipinski definition) is 1. The van der Waals surface area contributed by atoms with Crippen LogP contribution in [0.4, 0.5) is 0 Å². The summed E-state index contributed by atoms with van der Waals surface area (Å²) in [6.45, 7) is 6.23. The first-order valence-corrected chi connectivity index (χ1v) is 9.27. The summed E-state index contributed by atoms with van der Waals surface area (Å²) in [4.78, 5) is 13.7. The highest BCUT2D eigenvalue weighted by Crippen LogP contribution is 2.22. The van der Waals surface area contributed by atoms with Gasteiger partial charge in [-0.05, 0) is 12.8 Å². The molecule has 1 saturated heterocycles. The summed E-state index contributed by atoms with van der Waals surface area (Å²) in [7, 11) is 0. The molecule has 1 heterocycles. The summed E-state index contributed by atoms with van der Waals surface area (Å²) >= 11 is 0. The van der Waals surface area contributed by atoms with E-state index in [1.165, 1.54) is 51.4 Å². The van der Waals surface area contributed by atoms with Gasteiger partial charge in [-0.25, -0.2) is 0 Å². The minimum Gasteiger partial charge on any atom is -0.480 e. The molecule has 130 valence electrons. The van der Waals surface area contributed by atoms with Crippen molar-refractivity contribution in [3.63, 3.8) is 0 Å². The molecular formula is C18H35NO3. The van der Waals surface area contributed by atoms with Crippen molar-refractivity contribution in [1.29, 1.82) is 0 Å². The van der Waals surface area contributed by atoms with E-state index in [4.69, 9.17) is 4.74 Å². The summed E-state index contributed by atoms with van der Waals surface area (Å²) < 4.78 is 5.38. The number of nitrogens with zero attached hydrogens (tertiary/aromatic N) is 1. The summed E-state index contributed by atoms with van der Waals surface area (Å²) in [6, 6.07) is -0.0332. The third-order valence-corrected chi connectivity index (χ3v) is 4.71. The highest BCUT2D eigenvalue weighted by molar-refractivity contribution is 5.73. The fourth-order valence-electron chi connectivity index (χ4n) is 3.36. The summed E-state index contributed by atoms with van der Waals surface area (Å²) in [6.07, 6.45) is 12.3. The summed E-state index contributed by atoms with van der Waals surface area (Å²) in [5.41, 5.74) is 0. The number of carbonyl (C=O) groups is 1. The molecule has 1 aliphatic rings. The molecule has 1 unspecified atom stereocenters. The van der Waals surface area contributed by atoms with Crippen LogP contribution in [0.25, 0.3) is 0 Å². The first-order valence-electron chi connectivity index (χ1n) is 9.27. The number of ether oxygens (including phenoxy) is 1. The van der Waals surface area contributed by atoms with E-state index >= 15 is 0 Å². The Labute approximate surface area is 136 Å². The molecule has 1 rings (SSSR count). The van der Waals surface area contributed by atoms with Crippen molar-refractivity contribution in [3.05, 3.63) is 0 Å². The topological polar surface area (TPSA) is 49.8 Å². The Morgan fingerprint density at radius 3 is 2.32 bits per heavy atom. The highest BCUT2D eigenvalue weighted by atomic mass is 16.5. The Kier molecular flexibility index (Phi) is 10.5.